The van der Waals surface area contributed by atoms with Crippen LogP contribution in [0, 0.1) is 0 Å². The summed E-state index contributed by atoms with van der Waals surface area (Å²) in [4.78, 5) is 18.5. The summed E-state index contributed by atoms with van der Waals surface area (Å²) in [5.41, 5.74) is 5.57. The Balaban J connectivity index is 0.00000289. The van der Waals surface area contributed by atoms with Gasteiger partial charge in [-0.05, 0) is 19.9 Å². The number of carbonyl (C=O) groups is 1. The van der Waals surface area contributed by atoms with E-state index in [-0.39, 0.29) is 18.4 Å². The van der Waals surface area contributed by atoms with E-state index in [1.54, 1.807) is 6.20 Å². The molecule has 0 unspecified atom stereocenters. The van der Waals surface area contributed by atoms with E-state index in [0.717, 1.165) is 17.8 Å². The highest BCUT2D eigenvalue weighted by Crippen LogP contribution is 2.16. The Morgan fingerprint density at radius 2 is 2.28 bits per heavy atom. The summed E-state index contributed by atoms with van der Waals surface area (Å²) >= 11 is 1.46. The van der Waals surface area contributed by atoms with Crippen LogP contribution in [0.3, 0.4) is 0 Å². The molecule has 0 saturated heterocycles. The lowest BCUT2D eigenvalue weighted by molar-refractivity contribution is -0.144. The summed E-state index contributed by atoms with van der Waals surface area (Å²) in [5.74, 6) is -0.182. The lowest BCUT2D eigenvalue weighted by atomic mass is 10.3. The number of carbonyl (C=O) groups excluding carboxylic acids is 1. The molecule has 1 heterocycles. The number of anilines is 1. The van der Waals surface area contributed by atoms with Crippen molar-refractivity contribution in [1.29, 1.82) is 0 Å². The molecule has 0 aromatic carbocycles. The number of rotatable bonds is 7. The van der Waals surface area contributed by atoms with Gasteiger partial charge in [-0.25, -0.2) is 4.98 Å². The zero-order valence-electron chi connectivity index (χ0n) is 10.7. The first-order chi connectivity index (χ1) is 8.15. The number of hydrogen-bond donors (Lipinski definition) is 1. The minimum Gasteiger partial charge on any atom is -0.465 e. The highest BCUT2D eigenvalue weighted by atomic mass is 35.5. The Labute approximate surface area is 118 Å². The molecule has 0 radical (unpaired) electrons. The summed E-state index contributed by atoms with van der Waals surface area (Å²) in [5, 5.41) is 0.563. The number of halogens is 1. The molecule has 5 nitrogen and oxygen atoms in total. The van der Waals surface area contributed by atoms with E-state index in [1.807, 2.05) is 11.8 Å². The van der Waals surface area contributed by atoms with Gasteiger partial charge in [0.05, 0.1) is 13.2 Å². The van der Waals surface area contributed by atoms with Crippen molar-refractivity contribution in [2.75, 3.05) is 25.4 Å². The summed E-state index contributed by atoms with van der Waals surface area (Å²) in [6.45, 7) is 6.19. The van der Waals surface area contributed by atoms with E-state index in [9.17, 15) is 4.79 Å². The molecule has 0 spiro atoms. The van der Waals surface area contributed by atoms with Crippen LogP contribution in [-0.4, -0.2) is 35.5 Å². The fourth-order valence-electron chi connectivity index (χ4n) is 1.54. The number of thiazole rings is 1. The van der Waals surface area contributed by atoms with Crippen molar-refractivity contribution in [2.45, 2.75) is 26.8 Å². The molecular formula is C11H20ClN3O2S. The number of hydrogen-bond acceptors (Lipinski definition) is 6. The molecule has 0 aliphatic rings. The molecule has 7 heteroatoms. The van der Waals surface area contributed by atoms with Gasteiger partial charge >= 0.3 is 5.97 Å². The van der Waals surface area contributed by atoms with Gasteiger partial charge in [0.1, 0.15) is 0 Å². The molecule has 0 aliphatic heterocycles. The van der Waals surface area contributed by atoms with Crippen LogP contribution >= 0.6 is 23.7 Å². The summed E-state index contributed by atoms with van der Waals surface area (Å²) in [6, 6.07) is 0. The fourth-order valence-corrected chi connectivity index (χ4v) is 2.26. The second kappa shape index (κ2) is 9.13. The number of esters is 1. The third-order valence-corrected chi connectivity index (χ3v) is 2.96. The third-order valence-electron chi connectivity index (χ3n) is 2.15. The SMILES string of the molecule is CCCN(CC(=O)OCC)Cc1cnc(N)s1.Cl. The largest absolute Gasteiger partial charge is 0.465 e. The molecule has 0 bridgehead atoms. The molecule has 0 atom stereocenters. The molecule has 0 aliphatic carbocycles. The van der Waals surface area contributed by atoms with Gasteiger partial charge in [0.25, 0.3) is 0 Å². The molecule has 1 rings (SSSR count). The predicted octanol–water partition coefficient (Wildman–Crippen LogP) is 1.92. The highest BCUT2D eigenvalue weighted by Gasteiger charge is 2.12. The Bertz CT molecular complexity index is 360. The maximum atomic E-state index is 11.4. The summed E-state index contributed by atoms with van der Waals surface area (Å²) in [6.07, 6.45) is 2.75. The molecule has 0 amide bonds. The van der Waals surface area contributed by atoms with Crippen LogP contribution in [0.15, 0.2) is 6.20 Å². The second-order valence-electron chi connectivity index (χ2n) is 3.68. The average molecular weight is 294 g/mol. The maximum Gasteiger partial charge on any atom is 0.320 e. The van der Waals surface area contributed by atoms with Crippen LogP contribution in [0.2, 0.25) is 0 Å². The molecule has 2 N–H and O–H groups in total. The second-order valence-corrected chi connectivity index (χ2v) is 4.83. The van der Waals surface area contributed by atoms with Gasteiger partial charge < -0.3 is 10.5 Å². The fraction of sp³-hybridized carbons (Fsp3) is 0.636. The van der Waals surface area contributed by atoms with Crippen LogP contribution < -0.4 is 5.73 Å². The average Bonchev–Trinajstić information content (AvgIpc) is 2.64. The Morgan fingerprint density at radius 1 is 1.56 bits per heavy atom. The predicted molar refractivity (Wildman–Crippen MR) is 76.0 cm³/mol. The van der Waals surface area contributed by atoms with Crippen molar-refractivity contribution < 1.29 is 9.53 Å². The standard InChI is InChI=1S/C11H19N3O2S.ClH/c1-3-5-14(8-10(15)16-4-2)7-9-6-13-11(12)17-9;/h6H,3-5,7-8H2,1-2H3,(H2,12,13);1H. The lowest BCUT2D eigenvalue weighted by Crippen LogP contribution is -2.31. The minimum atomic E-state index is -0.182. The van der Waals surface area contributed by atoms with Crippen LogP contribution in [-0.2, 0) is 16.1 Å². The van der Waals surface area contributed by atoms with E-state index < -0.39 is 0 Å². The van der Waals surface area contributed by atoms with Crippen LogP contribution in [0.4, 0.5) is 5.13 Å². The van der Waals surface area contributed by atoms with Crippen molar-refractivity contribution in [3.63, 3.8) is 0 Å². The van der Waals surface area contributed by atoms with Gasteiger partial charge in [0.15, 0.2) is 5.13 Å². The minimum absolute atomic E-state index is 0. The quantitative estimate of drug-likeness (QED) is 0.778. The zero-order chi connectivity index (χ0) is 12.7. The number of aromatic nitrogens is 1. The van der Waals surface area contributed by atoms with Gasteiger partial charge in [-0.1, -0.05) is 6.92 Å². The molecule has 104 valence electrons. The van der Waals surface area contributed by atoms with Gasteiger partial charge in [0, 0.05) is 17.6 Å². The molecule has 18 heavy (non-hydrogen) atoms. The summed E-state index contributed by atoms with van der Waals surface area (Å²) in [7, 11) is 0. The van der Waals surface area contributed by atoms with E-state index in [2.05, 4.69) is 11.9 Å². The maximum absolute atomic E-state index is 11.4. The van der Waals surface area contributed by atoms with Crippen molar-refractivity contribution in [3.05, 3.63) is 11.1 Å². The smallest absolute Gasteiger partial charge is 0.320 e. The van der Waals surface area contributed by atoms with Crippen molar-refractivity contribution in [1.82, 2.24) is 9.88 Å². The number of nitrogens with zero attached hydrogens (tertiary/aromatic N) is 2. The van der Waals surface area contributed by atoms with Crippen LogP contribution in [0.5, 0.6) is 0 Å². The zero-order valence-corrected chi connectivity index (χ0v) is 12.4. The topological polar surface area (TPSA) is 68.5 Å². The van der Waals surface area contributed by atoms with E-state index >= 15 is 0 Å². The monoisotopic (exact) mass is 293 g/mol. The van der Waals surface area contributed by atoms with E-state index in [0.29, 0.717) is 24.8 Å². The van der Waals surface area contributed by atoms with Crippen molar-refractivity contribution >= 4 is 34.8 Å². The van der Waals surface area contributed by atoms with Gasteiger partial charge in [-0.15, -0.1) is 23.7 Å². The molecule has 0 saturated carbocycles. The van der Waals surface area contributed by atoms with Crippen LogP contribution in [0.25, 0.3) is 0 Å². The summed E-state index contributed by atoms with van der Waals surface area (Å²) < 4.78 is 4.94. The first-order valence-electron chi connectivity index (χ1n) is 5.73. The number of nitrogens with two attached hydrogens (primary N) is 1. The third kappa shape index (κ3) is 6.18. The molecule has 1 aromatic rings. The Hall–Kier alpha value is -0.850. The first kappa shape index (κ1) is 17.2. The van der Waals surface area contributed by atoms with E-state index in [4.69, 9.17) is 10.5 Å². The Morgan fingerprint density at radius 3 is 2.78 bits per heavy atom. The lowest BCUT2D eigenvalue weighted by Gasteiger charge is -2.19. The first-order valence-corrected chi connectivity index (χ1v) is 6.55. The van der Waals surface area contributed by atoms with Crippen molar-refractivity contribution in [2.24, 2.45) is 0 Å². The normalized spacial score (nSPS) is 10.2. The highest BCUT2D eigenvalue weighted by molar-refractivity contribution is 7.15. The molecule has 1 aromatic heterocycles. The van der Waals surface area contributed by atoms with Crippen molar-refractivity contribution in [3.8, 4) is 0 Å². The van der Waals surface area contributed by atoms with Gasteiger partial charge in [0.2, 0.25) is 0 Å². The van der Waals surface area contributed by atoms with E-state index in [1.165, 1.54) is 11.3 Å². The number of nitrogen functional groups attached to an aromatic ring is 1. The van der Waals surface area contributed by atoms with Gasteiger partial charge in [-0.2, -0.15) is 0 Å². The molecular weight excluding hydrogens is 274 g/mol. The Kier molecular flexibility index (Phi) is 8.70. The number of ether oxygens (including phenoxy) is 1. The molecule has 0 fully saturated rings. The van der Waals surface area contributed by atoms with Crippen LogP contribution in [0.1, 0.15) is 25.1 Å². The van der Waals surface area contributed by atoms with Gasteiger partial charge in [-0.3, -0.25) is 9.69 Å².